The quantitative estimate of drug-likeness (QED) is 0.625. The Morgan fingerprint density at radius 3 is 2.69 bits per heavy atom. The van der Waals surface area contributed by atoms with E-state index >= 15 is 0 Å². The normalized spacial score (nSPS) is 10.5. The molecule has 0 atom stereocenters. The fourth-order valence-electron chi connectivity index (χ4n) is 1.42. The second-order valence-electron chi connectivity index (χ2n) is 4.02. The lowest BCUT2D eigenvalue weighted by molar-refractivity contribution is 0.688. The molecule has 0 spiro atoms. The van der Waals surface area contributed by atoms with Crippen LogP contribution in [0.25, 0.3) is 0 Å². The van der Waals surface area contributed by atoms with E-state index in [1.807, 2.05) is 24.5 Å². The van der Waals surface area contributed by atoms with Gasteiger partial charge in [-0.1, -0.05) is 32.1 Å². The predicted molar refractivity (Wildman–Crippen MR) is 77.4 cm³/mol. The molecule has 1 rings (SSSR count). The molecule has 3 N–H and O–H groups in total. The number of hydrogen-bond donors (Lipinski definition) is 2. The van der Waals surface area contributed by atoms with E-state index in [4.69, 9.17) is 18.0 Å². The van der Waals surface area contributed by atoms with Crippen LogP contribution in [0.2, 0.25) is 0 Å². The summed E-state index contributed by atoms with van der Waals surface area (Å²) in [6, 6.07) is 6.09. The van der Waals surface area contributed by atoms with Gasteiger partial charge in [-0.3, -0.25) is 0 Å². The number of nitrogens with two attached hydrogens (primary N) is 1. The Labute approximate surface area is 107 Å². The van der Waals surface area contributed by atoms with Crippen molar-refractivity contribution >= 4 is 34.7 Å². The smallest absolute Gasteiger partial charge is 0.107 e. The van der Waals surface area contributed by atoms with E-state index in [1.54, 1.807) is 11.8 Å². The molecule has 0 bridgehead atoms. The zero-order valence-electron chi connectivity index (χ0n) is 9.91. The van der Waals surface area contributed by atoms with E-state index in [0.717, 1.165) is 22.7 Å². The summed E-state index contributed by atoms with van der Waals surface area (Å²) in [5.74, 6) is 0.595. The topological polar surface area (TPSA) is 38.0 Å². The van der Waals surface area contributed by atoms with Crippen molar-refractivity contribution in [3.8, 4) is 0 Å². The van der Waals surface area contributed by atoms with Gasteiger partial charge in [-0.2, -0.15) is 0 Å². The molecule has 0 radical (unpaired) electrons. The number of thioether (sulfide) groups is 1. The van der Waals surface area contributed by atoms with Crippen molar-refractivity contribution in [1.82, 2.24) is 0 Å². The van der Waals surface area contributed by atoms with E-state index < -0.39 is 0 Å². The molecule has 0 saturated carbocycles. The van der Waals surface area contributed by atoms with Crippen LogP contribution in [0.5, 0.6) is 0 Å². The molecule has 0 amide bonds. The van der Waals surface area contributed by atoms with Crippen LogP contribution in [-0.2, 0) is 0 Å². The van der Waals surface area contributed by atoms with Crippen LogP contribution in [0.4, 0.5) is 5.69 Å². The average Bonchev–Trinajstić information content (AvgIpc) is 2.25. The number of hydrogen-bond acceptors (Lipinski definition) is 3. The monoisotopic (exact) mass is 254 g/mol. The minimum Gasteiger partial charge on any atom is -0.389 e. The van der Waals surface area contributed by atoms with Crippen molar-refractivity contribution < 1.29 is 0 Å². The molecule has 4 heteroatoms. The minimum atomic E-state index is 0.455. The van der Waals surface area contributed by atoms with Gasteiger partial charge in [-0.15, -0.1) is 11.8 Å². The van der Waals surface area contributed by atoms with Gasteiger partial charge in [0.2, 0.25) is 0 Å². The lowest BCUT2D eigenvalue weighted by Gasteiger charge is -2.15. The van der Waals surface area contributed by atoms with Crippen LogP contribution in [0, 0.1) is 5.92 Å². The molecule has 0 heterocycles. The summed E-state index contributed by atoms with van der Waals surface area (Å²) in [5, 5.41) is 3.39. The maximum atomic E-state index is 5.78. The molecule has 16 heavy (non-hydrogen) atoms. The number of rotatable bonds is 5. The first-order valence-electron chi connectivity index (χ1n) is 5.27. The molecular weight excluding hydrogens is 236 g/mol. The van der Waals surface area contributed by atoms with Crippen molar-refractivity contribution in [3.63, 3.8) is 0 Å². The van der Waals surface area contributed by atoms with Gasteiger partial charge >= 0.3 is 0 Å². The number of thiocarbonyl (C=S) groups is 1. The first kappa shape index (κ1) is 13.3. The number of nitrogens with one attached hydrogen (secondary N) is 1. The minimum absolute atomic E-state index is 0.455. The van der Waals surface area contributed by atoms with Gasteiger partial charge < -0.3 is 11.1 Å². The molecule has 0 saturated heterocycles. The Bertz CT molecular complexity index is 375. The first-order valence-corrected chi connectivity index (χ1v) is 6.90. The Balaban J connectivity index is 3.02. The summed E-state index contributed by atoms with van der Waals surface area (Å²) >= 11 is 6.77. The van der Waals surface area contributed by atoms with Gasteiger partial charge in [0.1, 0.15) is 4.99 Å². The maximum absolute atomic E-state index is 5.78. The van der Waals surface area contributed by atoms with Crippen molar-refractivity contribution in [2.75, 3.05) is 18.1 Å². The van der Waals surface area contributed by atoms with Crippen LogP contribution in [-0.4, -0.2) is 17.8 Å². The van der Waals surface area contributed by atoms with Gasteiger partial charge in [-0.25, -0.2) is 0 Å². The largest absolute Gasteiger partial charge is 0.389 e. The summed E-state index contributed by atoms with van der Waals surface area (Å²) < 4.78 is 0. The van der Waals surface area contributed by atoms with E-state index in [1.165, 1.54) is 0 Å². The molecule has 0 aliphatic heterocycles. The lowest BCUT2D eigenvalue weighted by atomic mass is 10.1. The molecule has 0 fully saturated rings. The van der Waals surface area contributed by atoms with E-state index in [0.29, 0.717) is 10.9 Å². The average molecular weight is 254 g/mol. The molecule has 0 aromatic heterocycles. The fraction of sp³-hybridized carbons (Fsp3) is 0.417. The zero-order valence-corrected chi connectivity index (χ0v) is 11.5. The molecule has 0 unspecified atom stereocenters. The molecule has 1 aromatic carbocycles. The van der Waals surface area contributed by atoms with Gasteiger partial charge in [0.25, 0.3) is 0 Å². The van der Waals surface area contributed by atoms with Crippen LogP contribution in [0.1, 0.15) is 19.4 Å². The lowest BCUT2D eigenvalue weighted by Crippen LogP contribution is -2.16. The number of anilines is 1. The number of benzene rings is 1. The predicted octanol–water partition coefficient (Wildman–Crippen LogP) is 3.11. The maximum Gasteiger partial charge on any atom is 0.107 e. The molecule has 0 aliphatic carbocycles. The summed E-state index contributed by atoms with van der Waals surface area (Å²) in [6.07, 6.45) is 2.03. The fourth-order valence-corrected chi connectivity index (χ4v) is 2.34. The standard InChI is InChI=1S/C12H18N2S2/c1-8(2)7-14-9-5-4-6-10(16-3)11(9)12(13)15/h4-6,8,14H,7H2,1-3H3,(H2,13,15). The van der Waals surface area contributed by atoms with Crippen LogP contribution >= 0.6 is 24.0 Å². The van der Waals surface area contributed by atoms with Crippen LogP contribution in [0.15, 0.2) is 23.1 Å². The second kappa shape index (κ2) is 6.11. The van der Waals surface area contributed by atoms with Gasteiger partial charge in [0, 0.05) is 22.7 Å². The van der Waals surface area contributed by atoms with Gasteiger partial charge in [0.15, 0.2) is 0 Å². The van der Waals surface area contributed by atoms with Crippen LogP contribution in [0.3, 0.4) is 0 Å². The summed E-state index contributed by atoms with van der Waals surface area (Å²) in [7, 11) is 0. The Morgan fingerprint density at radius 2 is 2.19 bits per heavy atom. The molecule has 88 valence electrons. The summed E-state index contributed by atoms with van der Waals surface area (Å²) in [5.41, 5.74) is 7.77. The highest BCUT2D eigenvalue weighted by molar-refractivity contribution is 7.98. The third-order valence-electron chi connectivity index (χ3n) is 2.19. The van der Waals surface area contributed by atoms with Crippen molar-refractivity contribution in [1.29, 1.82) is 0 Å². The first-order chi connectivity index (χ1) is 7.56. The third-order valence-corrected chi connectivity index (χ3v) is 3.18. The highest BCUT2D eigenvalue weighted by Crippen LogP contribution is 2.27. The molecular formula is C12H18N2S2. The zero-order chi connectivity index (χ0) is 12.1. The van der Waals surface area contributed by atoms with Gasteiger partial charge in [-0.05, 0) is 24.3 Å². The van der Waals surface area contributed by atoms with E-state index in [2.05, 4.69) is 19.2 Å². The van der Waals surface area contributed by atoms with Crippen LogP contribution < -0.4 is 11.1 Å². The molecule has 0 aliphatic rings. The van der Waals surface area contributed by atoms with Crippen molar-refractivity contribution in [3.05, 3.63) is 23.8 Å². The molecule has 1 aromatic rings. The van der Waals surface area contributed by atoms with Crippen molar-refractivity contribution in [2.24, 2.45) is 11.7 Å². The van der Waals surface area contributed by atoms with Gasteiger partial charge in [0.05, 0.1) is 0 Å². The summed E-state index contributed by atoms with van der Waals surface area (Å²) in [4.78, 5) is 1.58. The second-order valence-corrected chi connectivity index (χ2v) is 5.31. The SMILES string of the molecule is CSc1cccc(NCC(C)C)c1C(N)=S. The third kappa shape index (κ3) is 3.39. The highest BCUT2D eigenvalue weighted by atomic mass is 32.2. The Hall–Kier alpha value is -0.740. The Morgan fingerprint density at radius 1 is 1.50 bits per heavy atom. The highest BCUT2D eigenvalue weighted by Gasteiger charge is 2.10. The molecule has 2 nitrogen and oxygen atoms in total. The Kier molecular flexibility index (Phi) is 5.09. The van der Waals surface area contributed by atoms with E-state index in [9.17, 15) is 0 Å². The van der Waals surface area contributed by atoms with Crippen molar-refractivity contribution in [2.45, 2.75) is 18.7 Å². The summed E-state index contributed by atoms with van der Waals surface area (Å²) in [6.45, 7) is 5.27. The van der Waals surface area contributed by atoms with E-state index in [-0.39, 0.29) is 0 Å².